The van der Waals surface area contributed by atoms with Crippen molar-refractivity contribution in [2.75, 3.05) is 17.7 Å². The number of pyridine rings is 1. The van der Waals surface area contributed by atoms with Crippen molar-refractivity contribution in [3.63, 3.8) is 0 Å². The molecule has 8 nitrogen and oxygen atoms in total. The molecule has 0 aliphatic heterocycles. The summed E-state index contributed by atoms with van der Waals surface area (Å²) in [5.74, 6) is 0.504. The molecule has 98 valence electrons. The van der Waals surface area contributed by atoms with E-state index in [2.05, 4.69) is 25.6 Å². The Balaban J connectivity index is 2.20. The number of hydrogen-bond acceptors (Lipinski definition) is 7. The number of nitrogens with zero attached hydrogens (tertiary/aromatic N) is 4. The summed E-state index contributed by atoms with van der Waals surface area (Å²) in [5.41, 5.74) is 0.793. The molecular weight excluding hydrogens is 248 g/mol. The van der Waals surface area contributed by atoms with Crippen molar-refractivity contribution in [1.82, 2.24) is 15.0 Å². The van der Waals surface area contributed by atoms with Crippen LogP contribution in [0, 0.1) is 10.1 Å². The second-order valence-electron chi connectivity index (χ2n) is 3.64. The van der Waals surface area contributed by atoms with Crippen molar-refractivity contribution in [3.05, 3.63) is 46.4 Å². The minimum atomic E-state index is -0.520. The summed E-state index contributed by atoms with van der Waals surface area (Å²) in [4.78, 5) is 22.1. The fourth-order valence-corrected chi connectivity index (χ4v) is 1.45. The van der Waals surface area contributed by atoms with E-state index in [0.717, 1.165) is 5.56 Å². The minimum absolute atomic E-state index is 0.159. The zero-order valence-corrected chi connectivity index (χ0v) is 10.2. The smallest absolute Gasteiger partial charge is 0.329 e. The van der Waals surface area contributed by atoms with Crippen LogP contribution in [0.2, 0.25) is 0 Å². The van der Waals surface area contributed by atoms with Crippen molar-refractivity contribution >= 4 is 17.5 Å². The molecule has 0 saturated carbocycles. The van der Waals surface area contributed by atoms with E-state index in [1.165, 1.54) is 6.20 Å². The quantitative estimate of drug-likeness (QED) is 0.618. The Bertz CT molecular complexity index is 575. The highest BCUT2D eigenvalue weighted by Crippen LogP contribution is 2.22. The van der Waals surface area contributed by atoms with Crippen LogP contribution in [-0.4, -0.2) is 26.9 Å². The van der Waals surface area contributed by atoms with Gasteiger partial charge in [0, 0.05) is 26.0 Å². The Morgan fingerprint density at radius 3 is 2.74 bits per heavy atom. The van der Waals surface area contributed by atoms with Crippen LogP contribution in [0.5, 0.6) is 0 Å². The molecule has 8 heteroatoms. The van der Waals surface area contributed by atoms with Crippen LogP contribution in [-0.2, 0) is 6.54 Å². The summed E-state index contributed by atoms with van der Waals surface area (Å²) >= 11 is 0. The second-order valence-corrected chi connectivity index (χ2v) is 3.64. The minimum Gasteiger partial charge on any atom is -0.360 e. The Kier molecular flexibility index (Phi) is 3.81. The van der Waals surface area contributed by atoms with Gasteiger partial charge >= 0.3 is 5.69 Å². The molecule has 0 atom stereocenters. The maximum absolute atomic E-state index is 10.9. The molecule has 0 radical (unpaired) electrons. The van der Waals surface area contributed by atoms with E-state index >= 15 is 0 Å². The third kappa shape index (κ3) is 3.12. The lowest BCUT2D eigenvalue weighted by molar-refractivity contribution is -0.384. The molecular formula is C11H12N6O2. The number of nitrogens with one attached hydrogen (secondary N) is 2. The van der Waals surface area contributed by atoms with E-state index in [1.807, 2.05) is 12.1 Å². The van der Waals surface area contributed by atoms with Crippen LogP contribution in [0.1, 0.15) is 5.56 Å². The highest BCUT2D eigenvalue weighted by Gasteiger charge is 2.16. The lowest BCUT2D eigenvalue weighted by atomic mass is 10.3. The molecule has 2 heterocycles. The van der Waals surface area contributed by atoms with Gasteiger partial charge in [-0.1, -0.05) is 0 Å². The van der Waals surface area contributed by atoms with Crippen molar-refractivity contribution in [2.45, 2.75) is 6.54 Å². The summed E-state index contributed by atoms with van der Waals surface area (Å²) in [7, 11) is 1.65. The topological polar surface area (TPSA) is 106 Å². The maximum atomic E-state index is 10.9. The van der Waals surface area contributed by atoms with Gasteiger partial charge in [-0.2, -0.15) is 4.98 Å². The largest absolute Gasteiger partial charge is 0.360 e. The van der Waals surface area contributed by atoms with Crippen LogP contribution in [0.15, 0.2) is 30.7 Å². The summed E-state index contributed by atoms with van der Waals surface area (Å²) in [6.45, 7) is 0.420. The lowest BCUT2D eigenvalue weighted by Gasteiger charge is -2.07. The highest BCUT2D eigenvalue weighted by atomic mass is 16.6. The standard InChI is InChI=1S/C11H12N6O2/c1-12-11-15-7-9(17(18)19)10(16-11)14-6-8-2-4-13-5-3-8/h2-5,7H,6H2,1H3,(H2,12,14,15,16). The first kappa shape index (κ1) is 12.7. The number of nitro groups is 1. The zero-order chi connectivity index (χ0) is 13.7. The molecule has 0 aliphatic carbocycles. The maximum Gasteiger partial charge on any atom is 0.329 e. The van der Waals surface area contributed by atoms with E-state index in [1.54, 1.807) is 19.4 Å². The van der Waals surface area contributed by atoms with Gasteiger partial charge in [0.15, 0.2) is 0 Å². The third-order valence-electron chi connectivity index (χ3n) is 2.40. The van der Waals surface area contributed by atoms with Gasteiger partial charge in [0.25, 0.3) is 0 Å². The second kappa shape index (κ2) is 5.71. The van der Waals surface area contributed by atoms with Crippen LogP contribution in [0.4, 0.5) is 17.5 Å². The van der Waals surface area contributed by atoms with Gasteiger partial charge in [0.2, 0.25) is 11.8 Å². The third-order valence-corrected chi connectivity index (χ3v) is 2.40. The molecule has 0 bridgehead atoms. The molecule has 0 fully saturated rings. The fourth-order valence-electron chi connectivity index (χ4n) is 1.45. The number of rotatable bonds is 5. The summed E-state index contributed by atoms with van der Waals surface area (Å²) in [6.07, 6.45) is 4.49. The Hall–Kier alpha value is -2.77. The van der Waals surface area contributed by atoms with Crippen LogP contribution in [0.25, 0.3) is 0 Å². The van der Waals surface area contributed by atoms with Crippen molar-refractivity contribution in [1.29, 1.82) is 0 Å². The average Bonchev–Trinajstić information content (AvgIpc) is 2.45. The van der Waals surface area contributed by atoms with Crippen LogP contribution >= 0.6 is 0 Å². The van der Waals surface area contributed by atoms with E-state index in [9.17, 15) is 10.1 Å². The molecule has 0 saturated heterocycles. The highest BCUT2D eigenvalue weighted by molar-refractivity contribution is 5.57. The average molecular weight is 260 g/mol. The van der Waals surface area contributed by atoms with Crippen LogP contribution in [0.3, 0.4) is 0 Å². The molecule has 0 aliphatic rings. The first-order valence-electron chi connectivity index (χ1n) is 5.52. The summed E-state index contributed by atoms with van der Waals surface area (Å²) in [6, 6.07) is 3.64. The molecule has 2 N–H and O–H groups in total. The van der Waals surface area contributed by atoms with Crippen molar-refractivity contribution in [2.24, 2.45) is 0 Å². The van der Waals surface area contributed by atoms with Gasteiger partial charge in [0.1, 0.15) is 6.20 Å². The Labute approximate surface area is 109 Å². The molecule has 2 aromatic heterocycles. The zero-order valence-electron chi connectivity index (χ0n) is 10.2. The van der Waals surface area contributed by atoms with E-state index in [0.29, 0.717) is 12.5 Å². The Morgan fingerprint density at radius 2 is 2.11 bits per heavy atom. The summed E-state index contributed by atoms with van der Waals surface area (Å²) < 4.78 is 0. The van der Waals surface area contributed by atoms with Gasteiger partial charge in [-0.15, -0.1) is 0 Å². The SMILES string of the molecule is CNc1ncc([N+](=O)[O-])c(NCc2ccncc2)n1. The van der Waals surface area contributed by atoms with Gasteiger partial charge in [0.05, 0.1) is 4.92 Å². The molecule has 19 heavy (non-hydrogen) atoms. The number of aromatic nitrogens is 3. The molecule has 0 spiro atoms. The van der Waals surface area contributed by atoms with Gasteiger partial charge in [-0.25, -0.2) is 4.98 Å². The number of hydrogen-bond donors (Lipinski definition) is 2. The molecule has 2 aromatic rings. The molecule has 0 unspecified atom stereocenters. The number of anilines is 2. The Morgan fingerprint density at radius 1 is 1.37 bits per heavy atom. The molecule has 0 amide bonds. The van der Waals surface area contributed by atoms with Crippen molar-refractivity contribution in [3.8, 4) is 0 Å². The normalized spacial score (nSPS) is 9.95. The predicted octanol–water partition coefficient (Wildman–Crippen LogP) is 1.43. The van der Waals surface area contributed by atoms with E-state index in [-0.39, 0.29) is 11.5 Å². The molecule has 2 rings (SSSR count). The van der Waals surface area contributed by atoms with E-state index < -0.39 is 4.92 Å². The van der Waals surface area contributed by atoms with Gasteiger partial charge in [-0.3, -0.25) is 15.1 Å². The monoisotopic (exact) mass is 260 g/mol. The van der Waals surface area contributed by atoms with Gasteiger partial charge < -0.3 is 10.6 Å². The van der Waals surface area contributed by atoms with E-state index in [4.69, 9.17) is 0 Å². The fraction of sp³-hybridized carbons (Fsp3) is 0.182. The predicted molar refractivity (Wildman–Crippen MR) is 69.8 cm³/mol. The van der Waals surface area contributed by atoms with Crippen LogP contribution < -0.4 is 10.6 Å². The van der Waals surface area contributed by atoms with Gasteiger partial charge in [-0.05, 0) is 17.7 Å². The van der Waals surface area contributed by atoms with Crippen molar-refractivity contribution < 1.29 is 4.92 Å². The lowest BCUT2D eigenvalue weighted by Crippen LogP contribution is -2.07. The first-order valence-corrected chi connectivity index (χ1v) is 5.52. The first-order chi connectivity index (χ1) is 9.20. The summed E-state index contributed by atoms with van der Waals surface area (Å²) in [5, 5.41) is 16.5. The molecule has 0 aromatic carbocycles.